The third-order valence-corrected chi connectivity index (χ3v) is 7.23. The Balaban J connectivity index is 1.89. The van der Waals surface area contributed by atoms with Crippen LogP contribution in [0.4, 0.5) is 0 Å². The largest absolute Gasteiger partial charge is 0.497 e. The van der Waals surface area contributed by atoms with Gasteiger partial charge in [-0.2, -0.15) is 0 Å². The molecule has 1 aromatic carbocycles. The van der Waals surface area contributed by atoms with Crippen molar-refractivity contribution < 1.29 is 19.0 Å². The number of nitrogens with zero attached hydrogens (tertiary/aromatic N) is 2. The van der Waals surface area contributed by atoms with Gasteiger partial charge in [0.25, 0.3) is 5.56 Å². The van der Waals surface area contributed by atoms with Crippen LogP contribution in [0.2, 0.25) is 0 Å². The number of benzene rings is 1. The minimum absolute atomic E-state index is 0.198. The fourth-order valence-corrected chi connectivity index (χ4v) is 5.57. The van der Waals surface area contributed by atoms with Crippen LogP contribution in [0.5, 0.6) is 11.5 Å². The van der Waals surface area contributed by atoms with Crippen molar-refractivity contribution in [3.05, 3.63) is 77.1 Å². The van der Waals surface area contributed by atoms with Gasteiger partial charge >= 0.3 is 5.97 Å². The van der Waals surface area contributed by atoms with E-state index in [1.54, 1.807) is 43.9 Å². The summed E-state index contributed by atoms with van der Waals surface area (Å²) in [6, 6.07) is 8.64. The van der Waals surface area contributed by atoms with E-state index >= 15 is 0 Å². The Labute approximate surface area is 205 Å². The van der Waals surface area contributed by atoms with Crippen molar-refractivity contribution in [2.75, 3.05) is 20.8 Å². The molecular formula is C25H26N2O5S2. The van der Waals surface area contributed by atoms with E-state index in [9.17, 15) is 9.59 Å². The second kappa shape index (κ2) is 9.99. The van der Waals surface area contributed by atoms with Gasteiger partial charge in [-0.15, -0.1) is 11.3 Å². The molecule has 0 bridgehead atoms. The average Bonchev–Trinajstić information content (AvgIpc) is 3.45. The first-order valence-electron chi connectivity index (χ1n) is 10.8. The monoisotopic (exact) mass is 498 g/mol. The lowest BCUT2D eigenvalue weighted by molar-refractivity contribution is -0.140. The van der Waals surface area contributed by atoms with Gasteiger partial charge in [-0.25, -0.2) is 9.79 Å². The number of hydrogen-bond donors (Lipinski definition) is 0. The van der Waals surface area contributed by atoms with Crippen LogP contribution in [0.25, 0.3) is 6.08 Å². The van der Waals surface area contributed by atoms with Crippen LogP contribution in [0.15, 0.2) is 56.8 Å². The lowest BCUT2D eigenvalue weighted by atomic mass is 10.0. The zero-order valence-corrected chi connectivity index (χ0v) is 21.3. The first kappa shape index (κ1) is 24.0. The zero-order valence-electron chi connectivity index (χ0n) is 19.7. The van der Waals surface area contributed by atoms with Crippen LogP contribution in [0.1, 0.15) is 37.3 Å². The number of esters is 1. The summed E-state index contributed by atoms with van der Waals surface area (Å²) in [6.07, 6.45) is 1.77. The number of rotatable bonds is 7. The molecule has 0 aliphatic carbocycles. The van der Waals surface area contributed by atoms with Crippen molar-refractivity contribution >= 4 is 34.7 Å². The Hall–Kier alpha value is -3.17. The van der Waals surface area contributed by atoms with Crippen molar-refractivity contribution in [3.63, 3.8) is 0 Å². The van der Waals surface area contributed by atoms with Gasteiger partial charge in [0.15, 0.2) is 4.80 Å². The van der Waals surface area contributed by atoms with Crippen molar-refractivity contribution in [3.8, 4) is 11.5 Å². The van der Waals surface area contributed by atoms with Gasteiger partial charge in [0.05, 0.1) is 36.6 Å². The van der Waals surface area contributed by atoms with Gasteiger partial charge in [0, 0.05) is 10.4 Å². The topological polar surface area (TPSA) is 79.1 Å². The van der Waals surface area contributed by atoms with Crippen LogP contribution >= 0.6 is 22.7 Å². The number of thiazole rings is 1. The molecule has 3 heterocycles. The first-order chi connectivity index (χ1) is 16.3. The molecule has 0 spiro atoms. The average molecular weight is 499 g/mol. The molecule has 4 rings (SSSR count). The van der Waals surface area contributed by atoms with E-state index in [0.717, 1.165) is 4.88 Å². The lowest BCUT2D eigenvalue weighted by Crippen LogP contribution is -2.39. The Bertz CT molecular complexity index is 1410. The predicted molar refractivity (Wildman–Crippen MR) is 133 cm³/mol. The predicted octanol–water partition coefficient (Wildman–Crippen LogP) is 3.51. The minimum atomic E-state index is -0.592. The molecule has 0 N–H and O–H groups in total. The Morgan fingerprint density at radius 1 is 1.24 bits per heavy atom. The van der Waals surface area contributed by atoms with Gasteiger partial charge < -0.3 is 14.2 Å². The maximum atomic E-state index is 13.7. The number of hydrogen-bond acceptors (Lipinski definition) is 8. The second-order valence-electron chi connectivity index (χ2n) is 8.20. The van der Waals surface area contributed by atoms with Gasteiger partial charge in [-0.3, -0.25) is 9.36 Å². The van der Waals surface area contributed by atoms with E-state index in [4.69, 9.17) is 14.2 Å². The minimum Gasteiger partial charge on any atom is -0.497 e. The highest BCUT2D eigenvalue weighted by molar-refractivity contribution is 7.10. The summed E-state index contributed by atoms with van der Waals surface area (Å²) in [5.74, 6) is 1.03. The molecule has 2 aromatic heterocycles. The first-order valence-corrected chi connectivity index (χ1v) is 12.5. The quantitative estimate of drug-likeness (QED) is 0.466. The Morgan fingerprint density at radius 3 is 2.68 bits per heavy atom. The highest BCUT2D eigenvalue weighted by Crippen LogP contribution is 2.33. The summed E-state index contributed by atoms with van der Waals surface area (Å²) in [4.78, 5) is 32.8. The normalized spacial score (nSPS) is 15.8. The Morgan fingerprint density at radius 2 is 2.03 bits per heavy atom. The molecule has 178 valence electrons. The third kappa shape index (κ3) is 4.58. The van der Waals surface area contributed by atoms with Gasteiger partial charge in [-0.1, -0.05) is 31.3 Å². The molecule has 0 radical (unpaired) electrons. The summed E-state index contributed by atoms with van der Waals surface area (Å²) >= 11 is 2.76. The molecule has 7 nitrogen and oxygen atoms in total. The molecule has 0 saturated heterocycles. The molecule has 3 aromatic rings. The van der Waals surface area contributed by atoms with Crippen LogP contribution < -0.4 is 24.4 Å². The number of fused-ring (bicyclic) bond motifs is 1. The smallest absolute Gasteiger partial charge is 0.338 e. The van der Waals surface area contributed by atoms with Gasteiger partial charge in [0.1, 0.15) is 17.5 Å². The van der Waals surface area contributed by atoms with E-state index in [2.05, 4.69) is 4.99 Å². The number of allylic oxidation sites excluding steroid dienone is 1. The standard InChI is InChI=1S/C25H26N2O5S2/c1-14(2)13-32-24(29)21-15(3)26-25-27(22(21)19-7-6-10-33-19)23(28)20(34-25)12-16-11-17(30-4)8-9-18(16)31-5/h6-12,14,22H,13H2,1-5H3/b20-12+/t22-/m0/s1. The van der Waals surface area contributed by atoms with Crippen molar-refractivity contribution in [1.29, 1.82) is 0 Å². The van der Waals surface area contributed by atoms with Crippen molar-refractivity contribution in [2.45, 2.75) is 26.8 Å². The third-order valence-electron chi connectivity index (χ3n) is 5.33. The van der Waals surface area contributed by atoms with E-state index in [0.29, 0.717) is 44.3 Å². The number of methoxy groups -OCH3 is 2. The SMILES string of the molecule is COc1ccc(OC)c(/C=c2/sc3n(c2=O)[C@@H](c2cccs2)C(C(=O)OCC(C)C)=C(C)N=3)c1. The number of ether oxygens (including phenoxy) is 3. The molecule has 9 heteroatoms. The molecule has 0 saturated carbocycles. The van der Waals surface area contributed by atoms with Gasteiger partial charge in [0.2, 0.25) is 0 Å². The molecular weight excluding hydrogens is 472 g/mol. The van der Waals surface area contributed by atoms with Crippen molar-refractivity contribution in [2.24, 2.45) is 10.9 Å². The molecule has 0 amide bonds. The van der Waals surface area contributed by atoms with E-state index < -0.39 is 12.0 Å². The fourth-order valence-electron chi connectivity index (χ4n) is 3.71. The maximum absolute atomic E-state index is 13.7. The summed E-state index contributed by atoms with van der Waals surface area (Å²) < 4.78 is 18.4. The summed E-state index contributed by atoms with van der Waals surface area (Å²) in [7, 11) is 3.17. The molecule has 0 fully saturated rings. The number of carbonyl (C=O) groups excluding carboxylic acids is 1. The summed E-state index contributed by atoms with van der Waals surface area (Å²) in [6.45, 7) is 6.04. The van der Waals surface area contributed by atoms with Crippen LogP contribution in [0, 0.1) is 5.92 Å². The number of carbonyl (C=O) groups is 1. The molecule has 34 heavy (non-hydrogen) atoms. The number of thiophene rings is 1. The molecule has 1 aliphatic heterocycles. The van der Waals surface area contributed by atoms with E-state index in [1.807, 2.05) is 37.4 Å². The number of aromatic nitrogens is 1. The van der Waals surface area contributed by atoms with Crippen LogP contribution in [-0.2, 0) is 9.53 Å². The zero-order chi connectivity index (χ0) is 24.4. The summed E-state index contributed by atoms with van der Waals surface area (Å²) in [5.41, 5.74) is 1.43. The highest BCUT2D eigenvalue weighted by Gasteiger charge is 2.34. The molecule has 1 aliphatic rings. The van der Waals surface area contributed by atoms with Crippen LogP contribution in [0.3, 0.4) is 0 Å². The fraction of sp³-hybridized carbons (Fsp3) is 0.320. The van der Waals surface area contributed by atoms with E-state index in [-0.39, 0.29) is 11.5 Å². The van der Waals surface area contributed by atoms with Crippen LogP contribution in [-0.4, -0.2) is 31.4 Å². The molecule has 1 atom stereocenters. The highest BCUT2D eigenvalue weighted by atomic mass is 32.1. The van der Waals surface area contributed by atoms with E-state index in [1.165, 1.54) is 22.7 Å². The lowest BCUT2D eigenvalue weighted by Gasteiger charge is -2.23. The van der Waals surface area contributed by atoms with Gasteiger partial charge in [-0.05, 0) is 48.6 Å². The summed E-state index contributed by atoms with van der Waals surface area (Å²) in [5, 5.41) is 1.93. The maximum Gasteiger partial charge on any atom is 0.338 e. The Kier molecular flexibility index (Phi) is 7.04. The van der Waals surface area contributed by atoms with Crippen molar-refractivity contribution in [1.82, 2.24) is 4.57 Å². The molecule has 0 unspecified atom stereocenters. The second-order valence-corrected chi connectivity index (χ2v) is 10.2.